The molecule has 27 heavy (non-hydrogen) atoms. The molecule has 136 valence electrons. The Bertz CT molecular complexity index is 1120. The summed E-state index contributed by atoms with van der Waals surface area (Å²) >= 11 is 2.94. The van der Waals surface area contributed by atoms with Crippen molar-refractivity contribution in [3.63, 3.8) is 0 Å². The summed E-state index contributed by atoms with van der Waals surface area (Å²) in [6.45, 7) is 4.08. The number of thiazole rings is 1. The van der Waals surface area contributed by atoms with Crippen LogP contribution in [0, 0.1) is 13.8 Å². The highest BCUT2D eigenvalue weighted by Gasteiger charge is 2.57. The SMILES string of the molecule is Cc1cc(C)c2nc(NC(=O)C34CCC(=O)N3c3ccccc3S4)sc2c1. The largest absolute Gasteiger partial charge is 0.299 e. The van der Waals surface area contributed by atoms with Gasteiger partial charge in [0.1, 0.15) is 0 Å². The highest BCUT2D eigenvalue weighted by atomic mass is 32.2. The van der Waals surface area contributed by atoms with E-state index in [1.165, 1.54) is 28.7 Å². The van der Waals surface area contributed by atoms with Crippen LogP contribution in [0.25, 0.3) is 10.2 Å². The minimum Gasteiger partial charge on any atom is -0.299 e. The fourth-order valence-electron chi connectivity index (χ4n) is 3.92. The number of carbonyl (C=O) groups excluding carboxylic acids is 2. The van der Waals surface area contributed by atoms with Crippen molar-refractivity contribution in [2.24, 2.45) is 0 Å². The van der Waals surface area contributed by atoms with Crippen LogP contribution in [0.1, 0.15) is 24.0 Å². The Morgan fingerprint density at radius 2 is 2.07 bits per heavy atom. The maximum atomic E-state index is 13.3. The molecule has 1 saturated heterocycles. The predicted octanol–water partition coefficient (Wildman–Crippen LogP) is 4.48. The van der Waals surface area contributed by atoms with Gasteiger partial charge in [-0.15, -0.1) is 0 Å². The van der Waals surface area contributed by atoms with Gasteiger partial charge in [-0.1, -0.05) is 41.3 Å². The first kappa shape index (κ1) is 16.8. The highest BCUT2D eigenvalue weighted by Crippen LogP contribution is 2.56. The molecule has 1 unspecified atom stereocenters. The number of hydrogen-bond acceptors (Lipinski definition) is 5. The number of para-hydroxylation sites is 1. The molecule has 1 fully saturated rings. The summed E-state index contributed by atoms with van der Waals surface area (Å²) in [5, 5.41) is 3.57. The van der Waals surface area contributed by atoms with Crippen molar-refractivity contribution in [3.05, 3.63) is 47.5 Å². The van der Waals surface area contributed by atoms with Crippen LogP contribution in [0.3, 0.4) is 0 Å². The quantitative estimate of drug-likeness (QED) is 0.695. The van der Waals surface area contributed by atoms with E-state index in [1.54, 1.807) is 4.90 Å². The summed E-state index contributed by atoms with van der Waals surface area (Å²) in [6, 6.07) is 11.9. The lowest BCUT2D eigenvalue weighted by atomic mass is 10.1. The average Bonchev–Trinajstić information content (AvgIpc) is 3.27. The Balaban J connectivity index is 1.51. The second-order valence-corrected chi connectivity index (χ2v) is 9.33. The fraction of sp³-hybridized carbons (Fsp3) is 0.250. The number of fused-ring (bicyclic) bond motifs is 4. The van der Waals surface area contributed by atoms with Gasteiger partial charge in [-0.3, -0.25) is 19.8 Å². The number of anilines is 2. The van der Waals surface area contributed by atoms with Crippen LogP contribution < -0.4 is 10.2 Å². The minimum absolute atomic E-state index is 0.00151. The molecular formula is C20H17N3O2S2. The second-order valence-electron chi connectivity index (χ2n) is 6.99. The van der Waals surface area contributed by atoms with E-state index in [0.29, 0.717) is 18.0 Å². The summed E-state index contributed by atoms with van der Waals surface area (Å²) < 4.78 is 1.06. The van der Waals surface area contributed by atoms with Gasteiger partial charge in [-0.2, -0.15) is 0 Å². The molecule has 2 amide bonds. The molecule has 5 rings (SSSR count). The summed E-state index contributed by atoms with van der Waals surface area (Å²) in [5.74, 6) is -0.179. The zero-order chi connectivity index (χ0) is 18.8. The number of rotatable bonds is 2. The molecule has 0 radical (unpaired) electrons. The van der Waals surface area contributed by atoms with Gasteiger partial charge in [-0.05, 0) is 49.6 Å². The Hall–Kier alpha value is -2.38. The number of aryl methyl sites for hydroxylation is 2. The van der Waals surface area contributed by atoms with Crippen molar-refractivity contribution in [1.82, 2.24) is 4.98 Å². The van der Waals surface area contributed by atoms with Crippen molar-refractivity contribution in [3.8, 4) is 0 Å². The molecule has 0 aliphatic carbocycles. The van der Waals surface area contributed by atoms with E-state index in [9.17, 15) is 9.59 Å². The molecule has 3 heterocycles. The number of benzene rings is 2. The van der Waals surface area contributed by atoms with Gasteiger partial charge in [0, 0.05) is 11.3 Å². The van der Waals surface area contributed by atoms with Gasteiger partial charge in [0.15, 0.2) is 10.0 Å². The number of nitrogens with one attached hydrogen (secondary N) is 1. The lowest BCUT2D eigenvalue weighted by Gasteiger charge is -2.29. The molecule has 0 spiro atoms. The lowest BCUT2D eigenvalue weighted by molar-refractivity contribution is -0.121. The lowest BCUT2D eigenvalue weighted by Crippen LogP contribution is -2.49. The van der Waals surface area contributed by atoms with Gasteiger partial charge in [0.05, 0.1) is 15.9 Å². The van der Waals surface area contributed by atoms with Gasteiger partial charge in [0.2, 0.25) is 5.91 Å². The van der Waals surface area contributed by atoms with Crippen molar-refractivity contribution >= 4 is 55.9 Å². The summed E-state index contributed by atoms with van der Waals surface area (Å²) in [4.78, 5) is 32.2. The summed E-state index contributed by atoms with van der Waals surface area (Å²) in [5.41, 5.74) is 4.02. The molecule has 2 aliphatic rings. The monoisotopic (exact) mass is 395 g/mol. The van der Waals surface area contributed by atoms with Crippen LogP contribution in [-0.4, -0.2) is 21.7 Å². The topological polar surface area (TPSA) is 62.3 Å². The van der Waals surface area contributed by atoms with Crippen LogP contribution in [0.15, 0.2) is 41.3 Å². The van der Waals surface area contributed by atoms with Crippen molar-refractivity contribution < 1.29 is 9.59 Å². The van der Waals surface area contributed by atoms with Gasteiger partial charge >= 0.3 is 0 Å². The number of carbonyl (C=O) groups is 2. The smallest absolute Gasteiger partial charge is 0.263 e. The summed E-state index contributed by atoms with van der Waals surface area (Å²) in [7, 11) is 0. The normalized spacial score (nSPS) is 20.8. The predicted molar refractivity (Wildman–Crippen MR) is 109 cm³/mol. The molecule has 1 N–H and O–H groups in total. The van der Waals surface area contributed by atoms with Crippen molar-refractivity contribution in [2.75, 3.05) is 10.2 Å². The highest BCUT2D eigenvalue weighted by molar-refractivity contribution is 8.02. The molecule has 2 aliphatic heterocycles. The van der Waals surface area contributed by atoms with Gasteiger partial charge in [-0.25, -0.2) is 4.98 Å². The summed E-state index contributed by atoms with van der Waals surface area (Å²) in [6.07, 6.45) is 0.882. The van der Waals surface area contributed by atoms with E-state index in [-0.39, 0.29) is 11.8 Å². The van der Waals surface area contributed by atoms with E-state index >= 15 is 0 Å². The number of aromatic nitrogens is 1. The molecule has 0 bridgehead atoms. The van der Waals surface area contributed by atoms with Crippen molar-refractivity contribution in [1.29, 1.82) is 0 Å². The van der Waals surface area contributed by atoms with Crippen molar-refractivity contribution in [2.45, 2.75) is 36.5 Å². The zero-order valence-electron chi connectivity index (χ0n) is 14.9. The van der Waals surface area contributed by atoms with Crippen LogP contribution >= 0.6 is 23.1 Å². The van der Waals surface area contributed by atoms with Crippen LogP contribution in [-0.2, 0) is 9.59 Å². The third kappa shape index (κ3) is 2.41. The first-order chi connectivity index (χ1) is 13.0. The molecule has 1 atom stereocenters. The Kier molecular flexibility index (Phi) is 3.61. The van der Waals surface area contributed by atoms with Gasteiger partial charge < -0.3 is 0 Å². The minimum atomic E-state index is -0.913. The van der Waals surface area contributed by atoms with Crippen LogP contribution in [0.5, 0.6) is 0 Å². The average molecular weight is 396 g/mol. The molecule has 2 aromatic carbocycles. The molecule has 3 aromatic rings. The number of nitrogens with zero attached hydrogens (tertiary/aromatic N) is 2. The number of amides is 2. The first-order valence-electron chi connectivity index (χ1n) is 8.78. The molecule has 1 aromatic heterocycles. The molecule has 0 saturated carbocycles. The van der Waals surface area contributed by atoms with E-state index in [2.05, 4.69) is 29.4 Å². The molecular weight excluding hydrogens is 378 g/mol. The maximum Gasteiger partial charge on any atom is 0.263 e. The maximum absolute atomic E-state index is 13.3. The molecule has 7 heteroatoms. The standard InChI is InChI=1S/C20H17N3O2S2/c1-11-9-12(2)17-15(10-11)26-19(21-17)22-18(25)20-8-7-16(24)23(20)13-5-3-4-6-14(13)27-20/h3-6,9-10H,7-8H2,1-2H3,(H,21,22,25). The second kappa shape index (κ2) is 5.81. The van der Waals surface area contributed by atoms with E-state index in [0.717, 1.165) is 26.4 Å². The number of hydrogen-bond donors (Lipinski definition) is 1. The van der Waals surface area contributed by atoms with E-state index in [4.69, 9.17) is 0 Å². The van der Waals surface area contributed by atoms with E-state index in [1.807, 2.05) is 31.2 Å². The van der Waals surface area contributed by atoms with Crippen LogP contribution in [0.2, 0.25) is 0 Å². The third-order valence-electron chi connectivity index (χ3n) is 5.08. The third-order valence-corrected chi connectivity index (χ3v) is 7.47. The first-order valence-corrected chi connectivity index (χ1v) is 10.4. The Morgan fingerprint density at radius 1 is 1.26 bits per heavy atom. The fourth-order valence-corrected chi connectivity index (χ4v) is 6.37. The Morgan fingerprint density at radius 3 is 2.93 bits per heavy atom. The molecule has 5 nitrogen and oxygen atoms in total. The number of thioether (sulfide) groups is 1. The Labute approximate surface area is 164 Å². The van der Waals surface area contributed by atoms with Gasteiger partial charge in [0.25, 0.3) is 5.91 Å². The van der Waals surface area contributed by atoms with E-state index < -0.39 is 4.87 Å². The zero-order valence-corrected chi connectivity index (χ0v) is 16.5. The van der Waals surface area contributed by atoms with Crippen LogP contribution in [0.4, 0.5) is 10.8 Å².